The molecule has 0 amide bonds. The van der Waals surface area contributed by atoms with E-state index in [0.29, 0.717) is 6.04 Å². The number of aryl methyl sites for hydroxylation is 1. The molecule has 2 rings (SSSR count). The van der Waals surface area contributed by atoms with Crippen LogP contribution in [0.4, 0.5) is 0 Å². The third kappa shape index (κ3) is 2.58. The molecule has 2 heteroatoms. The van der Waals surface area contributed by atoms with Gasteiger partial charge in [-0.1, -0.05) is 22.0 Å². The zero-order valence-electron chi connectivity index (χ0n) is 8.52. The molecule has 0 aliphatic carbocycles. The Labute approximate surface area is 94.0 Å². The van der Waals surface area contributed by atoms with Gasteiger partial charge in [-0.15, -0.1) is 0 Å². The van der Waals surface area contributed by atoms with Crippen LogP contribution in [0.5, 0.6) is 0 Å². The van der Waals surface area contributed by atoms with E-state index in [1.54, 1.807) is 0 Å². The highest BCUT2D eigenvalue weighted by Gasteiger charge is 2.14. The normalized spacial score (nSPS) is 21.4. The van der Waals surface area contributed by atoms with Crippen molar-refractivity contribution in [1.29, 1.82) is 0 Å². The first-order valence-electron chi connectivity index (χ1n) is 5.23. The lowest BCUT2D eigenvalue weighted by Crippen LogP contribution is -2.23. The second-order valence-electron chi connectivity index (χ2n) is 4.13. The smallest absolute Gasteiger partial charge is 0.0180 e. The van der Waals surface area contributed by atoms with E-state index in [9.17, 15) is 0 Å². The summed E-state index contributed by atoms with van der Waals surface area (Å²) in [6.07, 6.45) is 3.82. The van der Waals surface area contributed by atoms with E-state index >= 15 is 0 Å². The van der Waals surface area contributed by atoms with Crippen molar-refractivity contribution in [2.24, 2.45) is 0 Å². The Balaban J connectivity index is 2.07. The van der Waals surface area contributed by atoms with Crippen molar-refractivity contribution in [3.63, 3.8) is 0 Å². The Morgan fingerprint density at radius 2 is 2.29 bits per heavy atom. The summed E-state index contributed by atoms with van der Waals surface area (Å²) in [6, 6.07) is 7.37. The van der Waals surface area contributed by atoms with Crippen molar-refractivity contribution < 1.29 is 0 Å². The molecular weight excluding hydrogens is 238 g/mol. The molecule has 1 fully saturated rings. The van der Waals surface area contributed by atoms with Gasteiger partial charge in [0.1, 0.15) is 0 Å². The molecule has 0 spiro atoms. The van der Waals surface area contributed by atoms with Crippen molar-refractivity contribution >= 4 is 15.9 Å². The standard InChI is InChI=1S/C12H16BrN/c1-9-5-10(7-11(13)6-9)8-12-3-2-4-14-12/h5-7,12,14H,2-4,8H2,1H3. The molecule has 1 aliphatic heterocycles. The number of benzene rings is 1. The second kappa shape index (κ2) is 4.45. The maximum atomic E-state index is 3.54. The molecule has 14 heavy (non-hydrogen) atoms. The minimum atomic E-state index is 0.698. The fourth-order valence-corrected chi connectivity index (χ4v) is 2.80. The lowest BCUT2D eigenvalue weighted by Gasteiger charge is -2.10. The van der Waals surface area contributed by atoms with E-state index in [4.69, 9.17) is 0 Å². The summed E-state index contributed by atoms with van der Waals surface area (Å²) in [4.78, 5) is 0. The first-order valence-corrected chi connectivity index (χ1v) is 6.03. The van der Waals surface area contributed by atoms with E-state index < -0.39 is 0 Å². The molecular formula is C12H16BrN. The largest absolute Gasteiger partial charge is 0.314 e. The van der Waals surface area contributed by atoms with E-state index in [1.807, 2.05) is 0 Å². The number of hydrogen-bond acceptors (Lipinski definition) is 1. The van der Waals surface area contributed by atoms with Gasteiger partial charge in [0.2, 0.25) is 0 Å². The molecule has 1 aromatic carbocycles. The first kappa shape index (κ1) is 10.2. The molecule has 1 aromatic rings. The molecule has 1 heterocycles. The van der Waals surface area contributed by atoms with Crippen molar-refractivity contribution in [2.45, 2.75) is 32.2 Å². The fourth-order valence-electron chi connectivity index (χ4n) is 2.15. The lowest BCUT2D eigenvalue weighted by atomic mass is 10.0. The van der Waals surface area contributed by atoms with E-state index in [2.05, 4.69) is 46.4 Å². The van der Waals surface area contributed by atoms with Crippen LogP contribution < -0.4 is 5.32 Å². The topological polar surface area (TPSA) is 12.0 Å². The van der Waals surface area contributed by atoms with Gasteiger partial charge < -0.3 is 5.32 Å². The summed E-state index contributed by atoms with van der Waals surface area (Å²) in [5.41, 5.74) is 2.78. The van der Waals surface area contributed by atoms with Crippen LogP contribution >= 0.6 is 15.9 Å². The predicted octanol–water partition coefficient (Wildman–Crippen LogP) is 3.05. The summed E-state index contributed by atoms with van der Waals surface area (Å²) in [5.74, 6) is 0. The van der Waals surface area contributed by atoms with Crippen molar-refractivity contribution in [3.05, 3.63) is 33.8 Å². The molecule has 0 saturated carbocycles. The Morgan fingerprint density at radius 1 is 1.43 bits per heavy atom. The monoisotopic (exact) mass is 253 g/mol. The Bertz CT molecular complexity index is 296. The molecule has 1 nitrogen and oxygen atoms in total. The van der Waals surface area contributed by atoms with E-state index in [0.717, 1.165) is 0 Å². The average molecular weight is 254 g/mol. The van der Waals surface area contributed by atoms with Crippen molar-refractivity contribution in [1.82, 2.24) is 5.32 Å². The minimum Gasteiger partial charge on any atom is -0.314 e. The summed E-state index contributed by atoms with van der Waals surface area (Å²) in [7, 11) is 0. The van der Waals surface area contributed by atoms with Crippen LogP contribution in [0.2, 0.25) is 0 Å². The van der Waals surface area contributed by atoms with Crippen LogP contribution in [0.3, 0.4) is 0 Å². The minimum absolute atomic E-state index is 0.698. The Morgan fingerprint density at radius 3 is 2.93 bits per heavy atom. The number of hydrogen-bond donors (Lipinski definition) is 1. The molecule has 1 N–H and O–H groups in total. The summed E-state index contributed by atoms with van der Waals surface area (Å²) in [5, 5.41) is 3.53. The zero-order chi connectivity index (χ0) is 9.97. The maximum absolute atomic E-state index is 3.54. The highest BCUT2D eigenvalue weighted by atomic mass is 79.9. The third-order valence-electron chi connectivity index (χ3n) is 2.75. The number of halogens is 1. The molecule has 0 aromatic heterocycles. The van der Waals surface area contributed by atoms with Crippen molar-refractivity contribution in [2.75, 3.05) is 6.54 Å². The third-order valence-corrected chi connectivity index (χ3v) is 3.20. The van der Waals surface area contributed by atoms with E-state index in [-0.39, 0.29) is 0 Å². The van der Waals surface area contributed by atoms with Gasteiger partial charge in [-0.3, -0.25) is 0 Å². The van der Waals surface area contributed by atoms with Gasteiger partial charge >= 0.3 is 0 Å². The SMILES string of the molecule is Cc1cc(Br)cc(CC2CCCN2)c1. The van der Waals surface area contributed by atoms with Crippen LogP contribution in [-0.4, -0.2) is 12.6 Å². The second-order valence-corrected chi connectivity index (χ2v) is 5.05. The molecule has 1 unspecified atom stereocenters. The van der Waals surface area contributed by atoms with Crippen LogP contribution in [-0.2, 0) is 6.42 Å². The Kier molecular flexibility index (Phi) is 3.24. The molecule has 1 saturated heterocycles. The summed E-state index contributed by atoms with van der Waals surface area (Å²) < 4.78 is 1.20. The lowest BCUT2D eigenvalue weighted by molar-refractivity contribution is 0.603. The van der Waals surface area contributed by atoms with Crippen LogP contribution in [0.25, 0.3) is 0 Å². The number of rotatable bonds is 2. The molecule has 0 bridgehead atoms. The van der Waals surface area contributed by atoms with Gasteiger partial charge in [0, 0.05) is 10.5 Å². The van der Waals surface area contributed by atoms with Gasteiger partial charge in [-0.05, 0) is 56.0 Å². The highest BCUT2D eigenvalue weighted by Crippen LogP contribution is 2.18. The van der Waals surface area contributed by atoms with Gasteiger partial charge in [-0.2, -0.15) is 0 Å². The zero-order valence-corrected chi connectivity index (χ0v) is 10.1. The molecule has 0 radical (unpaired) electrons. The Hall–Kier alpha value is -0.340. The van der Waals surface area contributed by atoms with Crippen molar-refractivity contribution in [3.8, 4) is 0 Å². The van der Waals surface area contributed by atoms with Crippen LogP contribution in [0.1, 0.15) is 24.0 Å². The summed E-state index contributed by atoms with van der Waals surface area (Å²) in [6.45, 7) is 3.34. The van der Waals surface area contributed by atoms with Crippen LogP contribution in [0, 0.1) is 6.92 Å². The highest BCUT2D eigenvalue weighted by molar-refractivity contribution is 9.10. The molecule has 76 valence electrons. The first-order chi connectivity index (χ1) is 6.74. The van der Waals surface area contributed by atoms with Crippen LogP contribution in [0.15, 0.2) is 22.7 Å². The van der Waals surface area contributed by atoms with E-state index in [1.165, 1.54) is 41.4 Å². The van der Waals surface area contributed by atoms with Gasteiger partial charge in [0.05, 0.1) is 0 Å². The number of nitrogens with one attached hydrogen (secondary N) is 1. The quantitative estimate of drug-likeness (QED) is 0.855. The summed E-state index contributed by atoms with van der Waals surface area (Å²) >= 11 is 3.54. The van der Waals surface area contributed by atoms with Gasteiger partial charge in [0.25, 0.3) is 0 Å². The van der Waals surface area contributed by atoms with Gasteiger partial charge in [-0.25, -0.2) is 0 Å². The fraction of sp³-hybridized carbons (Fsp3) is 0.500. The van der Waals surface area contributed by atoms with Gasteiger partial charge in [0.15, 0.2) is 0 Å². The predicted molar refractivity (Wildman–Crippen MR) is 63.6 cm³/mol. The average Bonchev–Trinajstić information content (AvgIpc) is 2.54. The molecule has 1 atom stereocenters. The maximum Gasteiger partial charge on any atom is 0.0180 e. The molecule has 1 aliphatic rings.